The summed E-state index contributed by atoms with van der Waals surface area (Å²) < 4.78 is 0. The predicted octanol–water partition coefficient (Wildman–Crippen LogP) is 2.42. The lowest BCUT2D eigenvalue weighted by Gasteiger charge is -2.22. The van der Waals surface area contributed by atoms with E-state index in [1.165, 1.54) is 0 Å². The number of carbonyl (C=O) groups is 2. The quantitative estimate of drug-likeness (QED) is 0.395. The Morgan fingerprint density at radius 3 is 2.45 bits per heavy atom. The van der Waals surface area contributed by atoms with E-state index in [4.69, 9.17) is 0 Å². The summed E-state index contributed by atoms with van der Waals surface area (Å²) >= 11 is 0. The molecule has 0 bridgehead atoms. The van der Waals surface area contributed by atoms with Crippen LogP contribution in [-0.4, -0.2) is 52.9 Å². The Bertz CT molecular complexity index is 742. The Morgan fingerprint density at radius 1 is 1.28 bits per heavy atom. The first-order valence-corrected chi connectivity index (χ1v) is 9.78. The molecule has 3 N–H and O–H groups in total. The van der Waals surface area contributed by atoms with Crippen molar-refractivity contribution in [3.63, 3.8) is 0 Å². The normalized spacial score (nSPS) is 12.5. The summed E-state index contributed by atoms with van der Waals surface area (Å²) in [5.41, 5.74) is 2.49. The zero-order valence-corrected chi connectivity index (χ0v) is 17.5. The average molecular weight is 398 g/mol. The van der Waals surface area contributed by atoms with Crippen LogP contribution in [0.2, 0.25) is 0 Å². The molecule has 0 fully saturated rings. The van der Waals surface area contributed by atoms with Crippen molar-refractivity contribution in [3.8, 4) is 0 Å². The molecule has 1 atom stereocenters. The van der Waals surface area contributed by atoms with E-state index in [-0.39, 0.29) is 31.2 Å². The molecule has 0 aliphatic carbocycles. The lowest BCUT2D eigenvalue weighted by atomic mass is 9.75. The molecule has 7 heteroatoms. The molecular formula is C22H31BN2O4. The SMILES string of the molecule is C=C/C=C\C(=C/C)C[C@H](NC(=O)CCN(CC)C(=O)c1ccc(C)cc1)B(O)O. The molecule has 0 aromatic heterocycles. The van der Waals surface area contributed by atoms with Gasteiger partial charge in [-0.25, -0.2) is 0 Å². The molecule has 1 rings (SSSR count). The van der Waals surface area contributed by atoms with Crippen molar-refractivity contribution in [2.45, 2.75) is 39.6 Å². The zero-order chi connectivity index (χ0) is 21.8. The highest BCUT2D eigenvalue weighted by atomic mass is 16.4. The third-order valence-corrected chi connectivity index (χ3v) is 4.56. The van der Waals surface area contributed by atoms with Crippen LogP contribution in [0.4, 0.5) is 0 Å². The first-order valence-electron chi connectivity index (χ1n) is 9.78. The molecule has 0 unspecified atom stereocenters. The minimum Gasteiger partial charge on any atom is -0.426 e. The summed E-state index contributed by atoms with van der Waals surface area (Å²) in [5, 5.41) is 21.9. The zero-order valence-electron chi connectivity index (χ0n) is 17.5. The first kappa shape index (κ1) is 24.4. The molecule has 1 aromatic rings. The van der Waals surface area contributed by atoms with E-state index in [0.717, 1.165) is 11.1 Å². The van der Waals surface area contributed by atoms with Crippen LogP contribution in [0.15, 0.2) is 60.7 Å². The van der Waals surface area contributed by atoms with Crippen molar-refractivity contribution in [2.24, 2.45) is 0 Å². The molecule has 2 amide bonds. The minimum atomic E-state index is -1.69. The van der Waals surface area contributed by atoms with Crippen LogP contribution in [0.1, 0.15) is 42.6 Å². The van der Waals surface area contributed by atoms with E-state index in [2.05, 4.69) is 11.9 Å². The monoisotopic (exact) mass is 398 g/mol. The Hall–Kier alpha value is -2.64. The van der Waals surface area contributed by atoms with Gasteiger partial charge in [-0.05, 0) is 39.3 Å². The number of aryl methyl sites for hydroxylation is 1. The molecule has 0 saturated heterocycles. The highest BCUT2D eigenvalue weighted by Crippen LogP contribution is 2.10. The number of hydrogen-bond donors (Lipinski definition) is 3. The van der Waals surface area contributed by atoms with Crippen molar-refractivity contribution in [3.05, 3.63) is 71.8 Å². The van der Waals surface area contributed by atoms with E-state index >= 15 is 0 Å². The molecule has 0 radical (unpaired) electrons. The second kappa shape index (κ2) is 12.8. The van der Waals surface area contributed by atoms with Crippen molar-refractivity contribution < 1.29 is 19.6 Å². The number of nitrogens with one attached hydrogen (secondary N) is 1. The van der Waals surface area contributed by atoms with Gasteiger partial charge in [-0.2, -0.15) is 0 Å². The Labute approximate surface area is 173 Å². The Balaban J connectivity index is 2.67. The van der Waals surface area contributed by atoms with Gasteiger partial charge in [-0.1, -0.05) is 54.2 Å². The molecule has 6 nitrogen and oxygen atoms in total. The summed E-state index contributed by atoms with van der Waals surface area (Å²) in [7, 11) is -1.69. The number of carbonyl (C=O) groups excluding carboxylic acids is 2. The number of amides is 2. The van der Waals surface area contributed by atoms with Gasteiger partial charge in [-0.15, -0.1) is 0 Å². The van der Waals surface area contributed by atoms with Crippen LogP contribution in [-0.2, 0) is 4.79 Å². The van der Waals surface area contributed by atoms with Crippen LogP contribution in [0.3, 0.4) is 0 Å². The summed E-state index contributed by atoms with van der Waals surface area (Å²) in [4.78, 5) is 26.5. The van der Waals surface area contributed by atoms with Crippen LogP contribution >= 0.6 is 0 Å². The minimum absolute atomic E-state index is 0.0718. The summed E-state index contributed by atoms with van der Waals surface area (Å²) in [5.74, 6) is -1.32. The van der Waals surface area contributed by atoms with E-state index < -0.39 is 13.1 Å². The van der Waals surface area contributed by atoms with Crippen molar-refractivity contribution in [1.29, 1.82) is 0 Å². The van der Waals surface area contributed by atoms with Gasteiger partial charge >= 0.3 is 7.12 Å². The maximum absolute atomic E-state index is 12.6. The van der Waals surface area contributed by atoms with Gasteiger partial charge in [0.05, 0.1) is 5.94 Å². The summed E-state index contributed by atoms with van der Waals surface area (Å²) in [6, 6.07) is 7.29. The highest BCUT2D eigenvalue weighted by Gasteiger charge is 2.26. The molecule has 0 aliphatic rings. The summed E-state index contributed by atoms with van der Waals surface area (Å²) in [6.45, 7) is 9.97. The lowest BCUT2D eigenvalue weighted by Crippen LogP contribution is -2.47. The first-order chi connectivity index (χ1) is 13.8. The highest BCUT2D eigenvalue weighted by molar-refractivity contribution is 6.43. The van der Waals surface area contributed by atoms with E-state index in [1.807, 2.05) is 39.0 Å². The number of nitrogens with zero attached hydrogens (tertiary/aromatic N) is 1. The van der Waals surface area contributed by atoms with Crippen LogP contribution in [0.25, 0.3) is 0 Å². The molecule has 156 valence electrons. The standard InChI is InChI=1S/C22H31BN2O4/c1-5-8-9-18(6-2)16-20(23(28)29)24-21(26)14-15-25(7-3)22(27)19-12-10-17(4)11-13-19/h5-6,8-13,20,28-29H,1,7,14-16H2,2-4H3,(H,24,26)/b9-8-,18-6+/t20-/m0/s1. The number of rotatable bonds is 11. The maximum atomic E-state index is 12.6. The maximum Gasteiger partial charge on any atom is 0.475 e. The van der Waals surface area contributed by atoms with Crippen LogP contribution < -0.4 is 5.32 Å². The fraction of sp³-hybridized carbons (Fsp3) is 0.364. The molecule has 29 heavy (non-hydrogen) atoms. The molecule has 0 saturated carbocycles. The van der Waals surface area contributed by atoms with Gasteiger partial charge in [0.15, 0.2) is 0 Å². The van der Waals surface area contributed by atoms with Gasteiger partial charge in [0.2, 0.25) is 5.91 Å². The fourth-order valence-electron chi connectivity index (χ4n) is 2.76. The van der Waals surface area contributed by atoms with Crippen molar-refractivity contribution >= 4 is 18.9 Å². The van der Waals surface area contributed by atoms with Gasteiger partial charge in [0.1, 0.15) is 0 Å². The predicted molar refractivity (Wildman–Crippen MR) is 117 cm³/mol. The Morgan fingerprint density at radius 2 is 1.93 bits per heavy atom. The van der Waals surface area contributed by atoms with Crippen LogP contribution in [0, 0.1) is 6.92 Å². The molecule has 0 heterocycles. The number of benzene rings is 1. The molecule has 1 aromatic carbocycles. The second-order valence-electron chi connectivity index (χ2n) is 6.75. The fourth-order valence-corrected chi connectivity index (χ4v) is 2.76. The third-order valence-electron chi connectivity index (χ3n) is 4.56. The van der Waals surface area contributed by atoms with E-state index in [1.54, 1.807) is 35.3 Å². The van der Waals surface area contributed by atoms with Crippen molar-refractivity contribution in [1.82, 2.24) is 10.2 Å². The van der Waals surface area contributed by atoms with E-state index in [0.29, 0.717) is 12.1 Å². The smallest absolute Gasteiger partial charge is 0.426 e. The lowest BCUT2D eigenvalue weighted by molar-refractivity contribution is -0.121. The van der Waals surface area contributed by atoms with Gasteiger partial charge in [0, 0.05) is 25.1 Å². The van der Waals surface area contributed by atoms with Crippen molar-refractivity contribution in [2.75, 3.05) is 13.1 Å². The summed E-state index contributed by atoms with van der Waals surface area (Å²) in [6.07, 6.45) is 7.34. The van der Waals surface area contributed by atoms with Gasteiger partial charge in [-0.3, -0.25) is 9.59 Å². The number of hydrogen-bond acceptors (Lipinski definition) is 4. The molecular weight excluding hydrogens is 367 g/mol. The van der Waals surface area contributed by atoms with Gasteiger partial charge in [0.25, 0.3) is 5.91 Å². The van der Waals surface area contributed by atoms with Gasteiger partial charge < -0.3 is 20.3 Å². The topological polar surface area (TPSA) is 89.9 Å². The largest absolute Gasteiger partial charge is 0.475 e. The van der Waals surface area contributed by atoms with E-state index in [9.17, 15) is 19.6 Å². The van der Waals surface area contributed by atoms with Crippen LogP contribution in [0.5, 0.6) is 0 Å². The second-order valence-corrected chi connectivity index (χ2v) is 6.75. The third kappa shape index (κ3) is 8.50. The Kier molecular flexibility index (Phi) is 10.7. The molecule has 0 spiro atoms. The molecule has 0 aliphatic heterocycles. The number of allylic oxidation sites excluding steroid dienone is 4. The average Bonchev–Trinajstić information content (AvgIpc) is 2.70.